The molecule has 0 atom stereocenters. The number of carbonyl (C=O) groups is 1. The molecule has 3 aromatic rings. The van der Waals surface area contributed by atoms with Gasteiger partial charge in [0.15, 0.2) is 16.7 Å². The number of nitrogens with zero attached hydrogens (tertiary/aromatic N) is 1. The molecule has 1 aliphatic heterocycles. The fraction of sp³-hybridized carbons (Fsp3) is 0.154. The van der Waals surface area contributed by atoms with Crippen molar-refractivity contribution in [3.8, 4) is 17.2 Å². The van der Waals surface area contributed by atoms with E-state index in [2.05, 4.69) is 10.3 Å². The lowest BCUT2D eigenvalue weighted by molar-refractivity contribution is -0.115. The molecule has 3 aromatic carbocycles. The Hall–Kier alpha value is -2.84. The van der Waals surface area contributed by atoms with Crippen LogP contribution in [0.15, 0.2) is 64.5 Å². The van der Waals surface area contributed by atoms with Crippen molar-refractivity contribution in [2.75, 3.05) is 13.7 Å². The molecule has 36 heavy (non-hydrogen) atoms. The van der Waals surface area contributed by atoms with E-state index in [1.54, 1.807) is 55.7 Å². The minimum absolute atomic E-state index is 0.180. The third-order valence-corrected chi connectivity index (χ3v) is 6.75. The number of rotatable bonds is 8. The summed E-state index contributed by atoms with van der Waals surface area (Å²) in [5.74, 6) is 1.32. The molecule has 186 valence electrons. The summed E-state index contributed by atoms with van der Waals surface area (Å²) in [5, 5.41) is 4.64. The number of ether oxygens (including phenoxy) is 3. The highest BCUT2D eigenvalue weighted by molar-refractivity contribution is 8.18. The number of benzene rings is 3. The van der Waals surface area contributed by atoms with Crippen molar-refractivity contribution < 1.29 is 19.0 Å². The van der Waals surface area contributed by atoms with E-state index in [-0.39, 0.29) is 12.5 Å². The van der Waals surface area contributed by atoms with Crippen molar-refractivity contribution >= 4 is 69.4 Å². The Balaban J connectivity index is 1.54. The molecule has 0 unspecified atom stereocenters. The van der Waals surface area contributed by atoms with Gasteiger partial charge in [0.05, 0.1) is 29.3 Å². The van der Waals surface area contributed by atoms with Crippen LogP contribution in [0.4, 0.5) is 5.69 Å². The minimum Gasteiger partial charge on any atom is -0.497 e. The molecule has 10 heteroatoms. The van der Waals surface area contributed by atoms with Crippen molar-refractivity contribution in [2.45, 2.75) is 13.5 Å². The van der Waals surface area contributed by atoms with Crippen LogP contribution in [-0.2, 0) is 11.4 Å². The topological polar surface area (TPSA) is 69.2 Å². The first-order chi connectivity index (χ1) is 17.4. The monoisotopic (exact) mass is 562 g/mol. The van der Waals surface area contributed by atoms with Crippen LogP contribution in [0.1, 0.15) is 18.1 Å². The van der Waals surface area contributed by atoms with Crippen molar-refractivity contribution in [3.63, 3.8) is 0 Å². The molecule has 4 rings (SSSR count). The van der Waals surface area contributed by atoms with Gasteiger partial charge in [-0.3, -0.25) is 4.79 Å². The Morgan fingerprint density at radius 2 is 1.78 bits per heavy atom. The Morgan fingerprint density at radius 3 is 2.47 bits per heavy atom. The van der Waals surface area contributed by atoms with Crippen molar-refractivity contribution in [2.24, 2.45) is 4.99 Å². The summed E-state index contributed by atoms with van der Waals surface area (Å²) < 4.78 is 16.9. The number of aliphatic imine (C=N–C) groups is 1. The number of amides is 1. The normalized spacial score (nSPS) is 15.3. The van der Waals surface area contributed by atoms with Crippen LogP contribution in [0.25, 0.3) is 6.08 Å². The first-order valence-corrected chi connectivity index (χ1v) is 12.8. The van der Waals surface area contributed by atoms with Gasteiger partial charge >= 0.3 is 0 Å². The van der Waals surface area contributed by atoms with Crippen molar-refractivity contribution in [3.05, 3.63) is 85.7 Å². The largest absolute Gasteiger partial charge is 0.497 e. The zero-order valence-corrected chi connectivity index (χ0v) is 22.4. The molecule has 1 heterocycles. The molecular formula is C26H21Cl3N2O4S. The number of nitrogens with one attached hydrogen (secondary N) is 1. The van der Waals surface area contributed by atoms with E-state index in [9.17, 15) is 4.79 Å². The number of amidine groups is 1. The molecule has 1 fully saturated rings. The molecule has 1 aliphatic rings. The first-order valence-electron chi connectivity index (χ1n) is 10.8. The summed E-state index contributed by atoms with van der Waals surface area (Å²) in [6.07, 6.45) is 1.73. The molecular weight excluding hydrogens is 543 g/mol. The average Bonchev–Trinajstić information content (AvgIpc) is 3.18. The second kappa shape index (κ2) is 11.9. The summed E-state index contributed by atoms with van der Waals surface area (Å²) in [6.45, 7) is 2.45. The molecule has 0 radical (unpaired) electrons. The summed E-state index contributed by atoms with van der Waals surface area (Å²) in [6, 6.07) is 15.9. The van der Waals surface area contributed by atoms with Crippen molar-refractivity contribution in [1.29, 1.82) is 0 Å². The number of methoxy groups -OCH3 is 1. The maximum absolute atomic E-state index is 12.5. The van der Waals surface area contributed by atoms with Gasteiger partial charge in [0, 0.05) is 15.6 Å². The average molecular weight is 564 g/mol. The number of hydrogen-bond acceptors (Lipinski definition) is 6. The maximum Gasteiger partial charge on any atom is 0.264 e. The van der Waals surface area contributed by atoms with Gasteiger partial charge in [-0.1, -0.05) is 40.9 Å². The fourth-order valence-corrected chi connectivity index (χ4v) is 4.85. The number of thioether (sulfide) groups is 1. The van der Waals surface area contributed by atoms with Crippen LogP contribution >= 0.6 is 46.6 Å². The second-order valence-electron chi connectivity index (χ2n) is 7.47. The van der Waals surface area contributed by atoms with E-state index in [1.807, 2.05) is 19.1 Å². The van der Waals surface area contributed by atoms with Crippen LogP contribution in [-0.4, -0.2) is 24.8 Å². The lowest BCUT2D eigenvalue weighted by atomic mass is 10.1. The molecule has 0 spiro atoms. The highest BCUT2D eigenvalue weighted by Gasteiger charge is 2.24. The smallest absolute Gasteiger partial charge is 0.264 e. The molecule has 1 N–H and O–H groups in total. The Morgan fingerprint density at radius 1 is 1.00 bits per heavy atom. The van der Waals surface area contributed by atoms with E-state index in [0.29, 0.717) is 54.5 Å². The van der Waals surface area contributed by atoms with Crippen LogP contribution in [0.2, 0.25) is 15.1 Å². The van der Waals surface area contributed by atoms with E-state index >= 15 is 0 Å². The van der Waals surface area contributed by atoms with Gasteiger partial charge in [0.2, 0.25) is 0 Å². The molecule has 6 nitrogen and oxygen atoms in total. The minimum atomic E-state index is -0.251. The van der Waals surface area contributed by atoms with E-state index in [4.69, 9.17) is 49.0 Å². The molecule has 0 bridgehead atoms. The van der Waals surface area contributed by atoms with E-state index < -0.39 is 0 Å². The molecule has 1 amide bonds. The third-order valence-electron chi connectivity index (χ3n) is 4.97. The van der Waals surface area contributed by atoms with Gasteiger partial charge in [-0.15, -0.1) is 0 Å². The molecule has 0 aliphatic carbocycles. The standard InChI is InChI=1S/C26H21Cl3N2O4S/c1-3-34-22-11-15(10-21(29)24(22)35-14-16-4-5-17(27)13-20(16)28)12-23-25(32)31-26(36-23)30-18-6-8-19(33-2)9-7-18/h4-13H,3,14H2,1-2H3,(H,30,31,32)/b23-12+. The molecule has 0 aromatic heterocycles. The second-order valence-corrected chi connectivity index (χ2v) is 9.75. The van der Waals surface area contributed by atoms with Crippen LogP contribution in [0.5, 0.6) is 17.2 Å². The van der Waals surface area contributed by atoms with E-state index in [0.717, 1.165) is 11.3 Å². The quantitative estimate of drug-likeness (QED) is 0.287. The van der Waals surface area contributed by atoms with Gasteiger partial charge in [-0.05, 0) is 78.9 Å². The Bertz CT molecular complexity index is 1340. The lowest BCUT2D eigenvalue weighted by Gasteiger charge is -2.15. The van der Waals surface area contributed by atoms with Crippen LogP contribution in [0, 0.1) is 0 Å². The number of hydrogen-bond donors (Lipinski definition) is 1. The summed E-state index contributed by atoms with van der Waals surface area (Å²) in [7, 11) is 1.60. The highest BCUT2D eigenvalue weighted by atomic mass is 35.5. The van der Waals surface area contributed by atoms with Crippen LogP contribution < -0.4 is 19.5 Å². The highest BCUT2D eigenvalue weighted by Crippen LogP contribution is 2.39. The summed E-state index contributed by atoms with van der Waals surface area (Å²) in [4.78, 5) is 17.5. The summed E-state index contributed by atoms with van der Waals surface area (Å²) >= 11 is 20.0. The zero-order chi connectivity index (χ0) is 25.7. The van der Waals surface area contributed by atoms with Gasteiger partial charge in [-0.25, -0.2) is 4.99 Å². The first kappa shape index (κ1) is 26.2. The van der Waals surface area contributed by atoms with Crippen molar-refractivity contribution in [1.82, 2.24) is 5.32 Å². The fourth-order valence-electron chi connectivity index (χ4n) is 3.27. The lowest BCUT2D eigenvalue weighted by Crippen LogP contribution is -2.19. The van der Waals surface area contributed by atoms with E-state index in [1.165, 1.54) is 11.8 Å². The number of halogens is 3. The third kappa shape index (κ3) is 6.48. The van der Waals surface area contributed by atoms with Gasteiger partial charge < -0.3 is 19.5 Å². The van der Waals surface area contributed by atoms with Crippen LogP contribution in [0.3, 0.4) is 0 Å². The van der Waals surface area contributed by atoms with Gasteiger partial charge in [-0.2, -0.15) is 0 Å². The van der Waals surface area contributed by atoms with Gasteiger partial charge in [0.25, 0.3) is 5.91 Å². The predicted octanol–water partition coefficient (Wildman–Crippen LogP) is 7.52. The SMILES string of the molecule is CCOc1cc(/C=C2/SC(=Nc3ccc(OC)cc3)NC2=O)cc(Cl)c1OCc1ccc(Cl)cc1Cl. The Labute approximate surface area is 228 Å². The maximum atomic E-state index is 12.5. The zero-order valence-electron chi connectivity index (χ0n) is 19.3. The predicted molar refractivity (Wildman–Crippen MR) is 147 cm³/mol. The summed E-state index contributed by atoms with van der Waals surface area (Å²) in [5.41, 5.74) is 2.14. The number of carbonyl (C=O) groups excluding carboxylic acids is 1. The molecule has 1 saturated heterocycles. The molecule has 0 saturated carbocycles. The van der Waals surface area contributed by atoms with Gasteiger partial charge in [0.1, 0.15) is 12.4 Å². The Kier molecular flexibility index (Phi) is 8.69.